The fourth-order valence-corrected chi connectivity index (χ4v) is 1.75. The van der Waals surface area contributed by atoms with Crippen LogP contribution in [0, 0.1) is 5.82 Å². The number of aliphatic hydroxyl groups is 1. The van der Waals surface area contributed by atoms with Gasteiger partial charge in [-0.1, -0.05) is 6.07 Å². The smallest absolute Gasteiger partial charge is 0.197 e. The summed E-state index contributed by atoms with van der Waals surface area (Å²) < 4.78 is 24.3. The lowest BCUT2D eigenvalue weighted by molar-refractivity contribution is 0.285. The summed E-state index contributed by atoms with van der Waals surface area (Å²) in [5.74, 6) is 0.337. The van der Waals surface area contributed by atoms with Gasteiger partial charge in [-0.05, 0) is 24.5 Å². The molecule has 88 valence electrons. The lowest BCUT2D eigenvalue weighted by atomic mass is 10.1. The molecule has 1 aromatic carbocycles. The molecule has 0 saturated carbocycles. The molecule has 2 rings (SSSR count). The Morgan fingerprint density at radius 1 is 1.19 bits per heavy atom. The van der Waals surface area contributed by atoms with Gasteiger partial charge in [0.05, 0.1) is 13.2 Å². The van der Waals surface area contributed by atoms with Crippen LogP contribution in [0.1, 0.15) is 18.4 Å². The third kappa shape index (κ3) is 2.27. The minimum Gasteiger partial charge on any atom is -0.489 e. The maximum Gasteiger partial charge on any atom is 0.197 e. The van der Waals surface area contributed by atoms with Crippen molar-refractivity contribution in [3.05, 3.63) is 23.5 Å². The molecule has 0 unspecified atom stereocenters. The molecule has 0 saturated heterocycles. The molecule has 1 N–H and O–H groups in total. The Bertz CT molecular complexity index is 366. The maximum atomic E-state index is 13.5. The van der Waals surface area contributed by atoms with Crippen LogP contribution in [0.3, 0.4) is 0 Å². The molecule has 1 aliphatic rings. The third-order valence-corrected chi connectivity index (χ3v) is 2.53. The number of aryl methyl sites for hydroxylation is 1. The molecule has 0 aliphatic carbocycles. The average Bonchev–Trinajstić information content (AvgIpc) is 2.54. The molecule has 0 fully saturated rings. The molecule has 0 aromatic heterocycles. The SMILES string of the molecule is OCCCc1ccc(F)c2c1OCCCO2. The summed E-state index contributed by atoms with van der Waals surface area (Å²) in [5, 5.41) is 8.80. The predicted octanol–water partition coefficient (Wildman–Crippen LogP) is 1.91. The molecular weight excluding hydrogens is 211 g/mol. The van der Waals surface area contributed by atoms with E-state index in [1.807, 2.05) is 0 Å². The Labute approximate surface area is 93.8 Å². The summed E-state index contributed by atoms with van der Waals surface area (Å²) in [5.41, 5.74) is 0.896. The van der Waals surface area contributed by atoms with Crippen molar-refractivity contribution in [2.24, 2.45) is 0 Å². The molecular formula is C12H15FO3. The van der Waals surface area contributed by atoms with Crippen LogP contribution in [0.5, 0.6) is 11.5 Å². The van der Waals surface area contributed by atoms with E-state index < -0.39 is 0 Å². The van der Waals surface area contributed by atoms with Gasteiger partial charge in [-0.2, -0.15) is 0 Å². The van der Waals surface area contributed by atoms with Crippen LogP contribution in [-0.2, 0) is 6.42 Å². The van der Waals surface area contributed by atoms with Crippen molar-refractivity contribution < 1.29 is 19.0 Å². The summed E-state index contributed by atoms with van der Waals surface area (Å²) in [6.07, 6.45) is 2.07. The highest BCUT2D eigenvalue weighted by Gasteiger charge is 2.18. The highest BCUT2D eigenvalue weighted by molar-refractivity contribution is 5.48. The van der Waals surface area contributed by atoms with Crippen molar-refractivity contribution >= 4 is 0 Å². The lowest BCUT2D eigenvalue weighted by Gasteiger charge is -2.12. The zero-order valence-electron chi connectivity index (χ0n) is 9.04. The van der Waals surface area contributed by atoms with Crippen LogP contribution in [0.25, 0.3) is 0 Å². The molecule has 3 nitrogen and oxygen atoms in total. The van der Waals surface area contributed by atoms with Gasteiger partial charge in [-0.25, -0.2) is 4.39 Å². The summed E-state index contributed by atoms with van der Waals surface area (Å²) in [4.78, 5) is 0. The van der Waals surface area contributed by atoms with E-state index in [1.165, 1.54) is 6.07 Å². The summed E-state index contributed by atoms with van der Waals surface area (Å²) >= 11 is 0. The Kier molecular flexibility index (Phi) is 3.62. The molecule has 0 amide bonds. The van der Waals surface area contributed by atoms with Crippen LogP contribution in [-0.4, -0.2) is 24.9 Å². The van der Waals surface area contributed by atoms with Crippen molar-refractivity contribution in [1.29, 1.82) is 0 Å². The average molecular weight is 226 g/mol. The molecule has 16 heavy (non-hydrogen) atoms. The van der Waals surface area contributed by atoms with Crippen LogP contribution in [0.2, 0.25) is 0 Å². The normalized spacial score (nSPS) is 14.6. The zero-order valence-corrected chi connectivity index (χ0v) is 9.04. The molecule has 4 heteroatoms. The van der Waals surface area contributed by atoms with E-state index in [2.05, 4.69) is 0 Å². The maximum absolute atomic E-state index is 13.5. The molecule has 0 atom stereocenters. The van der Waals surface area contributed by atoms with Crippen LogP contribution in [0.4, 0.5) is 4.39 Å². The van der Waals surface area contributed by atoms with E-state index in [4.69, 9.17) is 14.6 Å². The first-order valence-electron chi connectivity index (χ1n) is 5.51. The second-order valence-electron chi connectivity index (χ2n) is 3.74. The highest BCUT2D eigenvalue weighted by atomic mass is 19.1. The molecule has 0 spiro atoms. The fourth-order valence-electron chi connectivity index (χ4n) is 1.75. The Morgan fingerprint density at radius 2 is 1.94 bits per heavy atom. The first-order chi connectivity index (χ1) is 7.83. The van der Waals surface area contributed by atoms with Crippen molar-refractivity contribution in [2.45, 2.75) is 19.3 Å². The Hall–Kier alpha value is -1.29. The first kappa shape index (κ1) is 11.2. The van der Waals surface area contributed by atoms with Gasteiger partial charge in [0.25, 0.3) is 0 Å². The van der Waals surface area contributed by atoms with Gasteiger partial charge in [0, 0.05) is 13.0 Å². The van der Waals surface area contributed by atoms with Gasteiger partial charge < -0.3 is 14.6 Å². The highest BCUT2D eigenvalue weighted by Crippen LogP contribution is 2.36. The topological polar surface area (TPSA) is 38.7 Å². The van der Waals surface area contributed by atoms with Gasteiger partial charge in [-0.15, -0.1) is 0 Å². The van der Waals surface area contributed by atoms with E-state index in [1.54, 1.807) is 6.07 Å². The second kappa shape index (κ2) is 5.16. The number of halogens is 1. The molecule has 1 heterocycles. The van der Waals surface area contributed by atoms with Crippen molar-refractivity contribution in [1.82, 2.24) is 0 Å². The monoisotopic (exact) mass is 226 g/mol. The molecule has 0 bridgehead atoms. The quantitative estimate of drug-likeness (QED) is 0.855. The van der Waals surface area contributed by atoms with Crippen molar-refractivity contribution in [3.63, 3.8) is 0 Å². The Balaban J connectivity index is 2.31. The minimum absolute atomic E-state index is 0.118. The summed E-state index contributed by atoms with van der Waals surface area (Å²) in [6.45, 7) is 1.14. The van der Waals surface area contributed by atoms with E-state index in [-0.39, 0.29) is 18.2 Å². The van der Waals surface area contributed by atoms with Gasteiger partial charge in [0.2, 0.25) is 0 Å². The standard InChI is InChI=1S/C12H15FO3/c13-10-5-4-9(3-1-6-14)11-12(10)16-8-2-7-15-11/h4-5,14H,1-3,6-8H2. The third-order valence-electron chi connectivity index (χ3n) is 2.53. The van der Waals surface area contributed by atoms with Gasteiger partial charge in [-0.3, -0.25) is 0 Å². The minimum atomic E-state index is -0.385. The Morgan fingerprint density at radius 3 is 2.69 bits per heavy atom. The van der Waals surface area contributed by atoms with E-state index in [0.717, 1.165) is 12.0 Å². The number of ether oxygens (including phenoxy) is 2. The number of benzene rings is 1. The van der Waals surface area contributed by atoms with Gasteiger partial charge in [0.1, 0.15) is 0 Å². The van der Waals surface area contributed by atoms with Crippen LogP contribution < -0.4 is 9.47 Å². The largest absolute Gasteiger partial charge is 0.489 e. The summed E-state index contributed by atoms with van der Waals surface area (Å²) in [6, 6.07) is 3.08. The van der Waals surface area contributed by atoms with Crippen LogP contribution in [0.15, 0.2) is 12.1 Å². The van der Waals surface area contributed by atoms with Crippen molar-refractivity contribution in [2.75, 3.05) is 19.8 Å². The van der Waals surface area contributed by atoms with E-state index in [9.17, 15) is 4.39 Å². The number of hydrogen-bond acceptors (Lipinski definition) is 3. The van der Waals surface area contributed by atoms with E-state index in [0.29, 0.717) is 31.8 Å². The first-order valence-corrected chi connectivity index (χ1v) is 5.51. The van der Waals surface area contributed by atoms with Gasteiger partial charge in [0.15, 0.2) is 17.3 Å². The van der Waals surface area contributed by atoms with Crippen LogP contribution >= 0.6 is 0 Å². The number of aliphatic hydroxyl groups excluding tert-OH is 1. The number of fused-ring (bicyclic) bond motifs is 1. The molecule has 0 radical (unpaired) electrons. The molecule has 1 aromatic rings. The fraction of sp³-hybridized carbons (Fsp3) is 0.500. The number of hydrogen-bond donors (Lipinski definition) is 1. The summed E-state index contributed by atoms with van der Waals surface area (Å²) in [7, 11) is 0. The predicted molar refractivity (Wildman–Crippen MR) is 57.4 cm³/mol. The second-order valence-corrected chi connectivity index (χ2v) is 3.74. The molecule has 1 aliphatic heterocycles. The zero-order chi connectivity index (χ0) is 11.4. The number of rotatable bonds is 3. The van der Waals surface area contributed by atoms with Gasteiger partial charge >= 0.3 is 0 Å². The lowest BCUT2D eigenvalue weighted by Crippen LogP contribution is -2.00. The van der Waals surface area contributed by atoms with Crippen molar-refractivity contribution in [3.8, 4) is 11.5 Å². The van der Waals surface area contributed by atoms with E-state index >= 15 is 0 Å².